The first-order chi connectivity index (χ1) is 15.3. The molecule has 1 saturated heterocycles. The maximum atomic E-state index is 13.7. The van der Waals surface area contributed by atoms with E-state index >= 15 is 0 Å². The standard InChI is InChI=1S/C22H23FN4O5/c1-11-18(8-16-15-7-13(23)3-4-17(15)26-21(16)30)24-12(2)20(11)32-22(31)25-14-5-6-27(9-14)19(29)10-28/h3-4,7-8,14,24,28H,5-6,9-10H2,1-2H3,(H,25,31)(H,26,30)/b16-8-/t14-/m0/s1. The van der Waals surface area contributed by atoms with E-state index < -0.39 is 18.5 Å². The van der Waals surface area contributed by atoms with Crippen molar-refractivity contribution < 1.29 is 28.6 Å². The maximum absolute atomic E-state index is 13.7. The summed E-state index contributed by atoms with van der Waals surface area (Å²) in [6.45, 7) is 3.68. The number of carbonyl (C=O) groups excluding carboxylic acids is 3. The molecule has 1 atom stereocenters. The Morgan fingerprint density at radius 3 is 2.91 bits per heavy atom. The van der Waals surface area contributed by atoms with Crippen LogP contribution in [0.4, 0.5) is 14.9 Å². The Bertz CT molecular complexity index is 1140. The zero-order chi connectivity index (χ0) is 23.0. The highest BCUT2D eigenvalue weighted by atomic mass is 19.1. The summed E-state index contributed by atoms with van der Waals surface area (Å²) in [7, 11) is 0. The van der Waals surface area contributed by atoms with Gasteiger partial charge in [-0.2, -0.15) is 0 Å². The number of hydrogen-bond acceptors (Lipinski definition) is 5. The lowest BCUT2D eigenvalue weighted by molar-refractivity contribution is -0.133. The van der Waals surface area contributed by atoms with Crippen molar-refractivity contribution in [1.29, 1.82) is 0 Å². The molecule has 0 radical (unpaired) electrons. The summed E-state index contributed by atoms with van der Waals surface area (Å²) in [6.07, 6.45) is 1.50. The predicted octanol–water partition coefficient (Wildman–Crippen LogP) is 1.94. The van der Waals surface area contributed by atoms with E-state index in [0.717, 1.165) is 0 Å². The van der Waals surface area contributed by atoms with E-state index in [-0.39, 0.29) is 17.9 Å². The monoisotopic (exact) mass is 442 g/mol. The van der Waals surface area contributed by atoms with Crippen LogP contribution in [0, 0.1) is 19.7 Å². The number of aliphatic hydroxyl groups excluding tert-OH is 1. The number of likely N-dealkylation sites (tertiary alicyclic amines) is 1. The van der Waals surface area contributed by atoms with Gasteiger partial charge in [0.2, 0.25) is 5.91 Å². The summed E-state index contributed by atoms with van der Waals surface area (Å²) in [5, 5.41) is 14.4. The fourth-order valence-electron chi connectivity index (χ4n) is 3.99. The lowest BCUT2D eigenvalue weighted by Crippen LogP contribution is -2.40. The number of fused-ring (bicyclic) bond motifs is 1. The minimum Gasteiger partial charge on any atom is -0.408 e. The van der Waals surface area contributed by atoms with E-state index in [2.05, 4.69) is 15.6 Å². The number of rotatable bonds is 4. The van der Waals surface area contributed by atoms with Gasteiger partial charge in [0.05, 0.1) is 17.3 Å². The van der Waals surface area contributed by atoms with E-state index in [0.29, 0.717) is 59.0 Å². The van der Waals surface area contributed by atoms with Gasteiger partial charge >= 0.3 is 6.09 Å². The van der Waals surface area contributed by atoms with Gasteiger partial charge in [-0.3, -0.25) is 9.59 Å². The van der Waals surface area contributed by atoms with Gasteiger partial charge in [0.1, 0.15) is 12.4 Å². The van der Waals surface area contributed by atoms with Crippen LogP contribution in [0.1, 0.15) is 28.9 Å². The fraction of sp³-hybridized carbons (Fsp3) is 0.318. The number of aromatic amines is 1. The van der Waals surface area contributed by atoms with Crippen molar-refractivity contribution in [2.24, 2.45) is 0 Å². The number of aryl methyl sites for hydroxylation is 1. The van der Waals surface area contributed by atoms with Crippen LogP contribution < -0.4 is 15.4 Å². The number of H-pyrrole nitrogens is 1. The topological polar surface area (TPSA) is 124 Å². The molecule has 1 aromatic carbocycles. The molecule has 4 rings (SSSR count). The Hall–Kier alpha value is -3.66. The smallest absolute Gasteiger partial charge is 0.408 e. The zero-order valence-corrected chi connectivity index (χ0v) is 17.6. The first-order valence-corrected chi connectivity index (χ1v) is 10.2. The molecule has 1 fully saturated rings. The summed E-state index contributed by atoms with van der Waals surface area (Å²) in [6, 6.07) is 3.81. The molecule has 2 aromatic rings. The number of carbonyl (C=O) groups is 3. The van der Waals surface area contributed by atoms with Crippen LogP contribution >= 0.6 is 0 Å². The van der Waals surface area contributed by atoms with Gasteiger partial charge in [0, 0.05) is 35.6 Å². The first-order valence-electron chi connectivity index (χ1n) is 10.2. The highest BCUT2D eigenvalue weighted by molar-refractivity contribution is 6.34. The average molecular weight is 442 g/mol. The highest BCUT2D eigenvalue weighted by Gasteiger charge is 2.28. The Kier molecular flexibility index (Phi) is 5.70. The molecule has 32 heavy (non-hydrogen) atoms. The highest BCUT2D eigenvalue weighted by Crippen LogP contribution is 2.35. The van der Waals surface area contributed by atoms with Crippen LogP contribution in [0.2, 0.25) is 0 Å². The van der Waals surface area contributed by atoms with Gasteiger partial charge in [-0.25, -0.2) is 9.18 Å². The summed E-state index contributed by atoms with van der Waals surface area (Å²) >= 11 is 0. The van der Waals surface area contributed by atoms with Crippen LogP contribution in [-0.4, -0.2) is 58.6 Å². The largest absolute Gasteiger partial charge is 0.412 e. The SMILES string of the molecule is Cc1[nH]c(/C=C2\C(=O)Nc3ccc(F)cc32)c(C)c1OC(=O)N[C@H]1CCN(C(=O)CO)C1. The number of anilines is 1. The van der Waals surface area contributed by atoms with Crippen molar-refractivity contribution in [2.45, 2.75) is 26.3 Å². The first kappa shape index (κ1) is 21.6. The van der Waals surface area contributed by atoms with E-state index in [1.807, 2.05) is 0 Å². The Morgan fingerprint density at radius 1 is 1.38 bits per heavy atom. The van der Waals surface area contributed by atoms with E-state index in [1.165, 1.54) is 23.1 Å². The van der Waals surface area contributed by atoms with Gasteiger partial charge in [0.15, 0.2) is 5.75 Å². The second kappa shape index (κ2) is 8.46. The zero-order valence-electron chi connectivity index (χ0n) is 17.6. The molecular weight excluding hydrogens is 419 g/mol. The summed E-state index contributed by atoms with van der Waals surface area (Å²) < 4.78 is 19.2. The Balaban J connectivity index is 1.49. The van der Waals surface area contributed by atoms with Crippen molar-refractivity contribution in [3.05, 3.63) is 46.5 Å². The van der Waals surface area contributed by atoms with Gasteiger partial charge in [-0.1, -0.05) is 0 Å². The summed E-state index contributed by atoms with van der Waals surface area (Å²) in [4.78, 5) is 40.9. The Morgan fingerprint density at radius 2 is 2.16 bits per heavy atom. The maximum Gasteiger partial charge on any atom is 0.412 e. The fourth-order valence-corrected chi connectivity index (χ4v) is 3.99. The van der Waals surface area contributed by atoms with Gasteiger partial charge in [-0.05, 0) is 44.5 Å². The van der Waals surface area contributed by atoms with Gasteiger partial charge in [0.25, 0.3) is 5.91 Å². The second-order valence-electron chi connectivity index (χ2n) is 7.84. The second-order valence-corrected chi connectivity index (χ2v) is 7.84. The molecule has 3 amide bonds. The molecule has 0 saturated carbocycles. The number of hydrogen-bond donors (Lipinski definition) is 4. The molecule has 1 aromatic heterocycles. The van der Waals surface area contributed by atoms with Crippen LogP contribution in [-0.2, 0) is 9.59 Å². The molecular formula is C22H23FN4O5. The van der Waals surface area contributed by atoms with Crippen LogP contribution in [0.25, 0.3) is 11.6 Å². The summed E-state index contributed by atoms with van der Waals surface area (Å²) in [5.41, 5.74) is 3.07. The summed E-state index contributed by atoms with van der Waals surface area (Å²) in [5.74, 6) is -0.846. The van der Waals surface area contributed by atoms with Crippen molar-refractivity contribution in [3.8, 4) is 5.75 Å². The van der Waals surface area contributed by atoms with Crippen LogP contribution in [0.3, 0.4) is 0 Å². The van der Waals surface area contributed by atoms with Crippen LogP contribution in [0.15, 0.2) is 18.2 Å². The van der Waals surface area contributed by atoms with E-state index in [9.17, 15) is 18.8 Å². The lowest BCUT2D eigenvalue weighted by atomic mass is 10.0. The van der Waals surface area contributed by atoms with E-state index in [1.54, 1.807) is 19.9 Å². The van der Waals surface area contributed by atoms with Crippen LogP contribution in [0.5, 0.6) is 5.75 Å². The Labute approximate surface area is 183 Å². The lowest BCUT2D eigenvalue weighted by Gasteiger charge is -2.16. The minimum absolute atomic E-state index is 0.271. The van der Waals surface area contributed by atoms with E-state index in [4.69, 9.17) is 9.84 Å². The molecule has 2 aliphatic heterocycles. The van der Waals surface area contributed by atoms with Gasteiger partial charge in [-0.15, -0.1) is 0 Å². The number of nitrogens with zero attached hydrogens (tertiary/aromatic N) is 1. The number of aliphatic hydroxyl groups is 1. The molecule has 3 heterocycles. The number of aromatic nitrogens is 1. The number of benzene rings is 1. The molecule has 0 unspecified atom stereocenters. The molecule has 0 aliphatic carbocycles. The molecule has 2 aliphatic rings. The number of ether oxygens (including phenoxy) is 1. The third-order valence-electron chi connectivity index (χ3n) is 5.65. The average Bonchev–Trinajstić information content (AvgIpc) is 3.41. The number of amides is 3. The predicted molar refractivity (Wildman–Crippen MR) is 114 cm³/mol. The minimum atomic E-state index is -0.663. The quantitative estimate of drug-likeness (QED) is 0.539. The third-order valence-corrected chi connectivity index (χ3v) is 5.65. The molecule has 10 heteroatoms. The normalized spacial score (nSPS) is 18.6. The molecule has 0 spiro atoms. The van der Waals surface area contributed by atoms with Crippen molar-refractivity contribution in [1.82, 2.24) is 15.2 Å². The number of halogens is 1. The third kappa shape index (κ3) is 4.09. The number of nitrogens with one attached hydrogen (secondary N) is 3. The molecule has 4 N–H and O–H groups in total. The molecule has 9 nitrogen and oxygen atoms in total. The van der Waals surface area contributed by atoms with Gasteiger partial charge < -0.3 is 30.4 Å². The molecule has 0 bridgehead atoms. The van der Waals surface area contributed by atoms with Crippen molar-refractivity contribution >= 4 is 35.2 Å². The molecule has 168 valence electrons. The van der Waals surface area contributed by atoms with Crippen molar-refractivity contribution in [2.75, 3.05) is 25.0 Å². The van der Waals surface area contributed by atoms with Crippen molar-refractivity contribution in [3.63, 3.8) is 0 Å².